The molecular weight excluding hydrogens is 347 g/mol. The summed E-state index contributed by atoms with van der Waals surface area (Å²) in [6.07, 6.45) is 0.522. The topological polar surface area (TPSA) is 71.9 Å². The third-order valence-corrected chi connectivity index (χ3v) is 3.99. The molecule has 0 bridgehead atoms. The first-order valence-electron chi connectivity index (χ1n) is 6.48. The summed E-state index contributed by atoms with van der Waals surface area (Å²) in [7, 11) is 1.55. The standard InChI is InChI=1S/C13H16BrFN2O4/c1-20-4-5-21-9-6-10(16-12(15)11(9)14)17-3-2-8(7-17)13(18)19/h6,8H,2-5,7H2,1H3,(H,18,19)/t8-/m0/s1. The molecule has 0 aromatic carbocycles. The number of carboxylic acids is 1. The van der Waals surface area contributed by atoms with Crippen LogP contribution >= 0.6 is 15.9 Å². The first kappa shape index (κ1) is 16.0. The summed E-state index contributed by atoms with van der Waals surface area (Å²) in [5.74, 6) is -1.26. The van der Waals surface area contributed by atoms with Gasteiger partial charge in [-0.1, -0.05) is 0 Å². The minimum atomic E-state index is -0.841. The fraction of sp³-hybridized carbons (Fsp3) is 0.538. The van der Waals surface area contributed by atoms with Crippen LogP contribution in [0.1, 0.15) is 6.42 Å². The molecule has 1 aromatic rings. The van der Waals surface area contributed by atoms with E-state index in [2.05, 4.69) is 20.9 Å². The average Bonchev–Trinajstić information content (AvgIpc) is 2.93. The minimum absolute atomic E-state index is 0.149. The Labute approximate surface area is 130 Å². The van der Waals surface area contributed by atoms with Crippen molar-refractivity contribution in [1.82, 2.24) is 4.98 Å². The number of nitrogens with zero attached hydrogens (tertiary/aromatic N) is 2. The normalized spacial score (nSPS) is 18.0. The van der Waals surface area contributed by atoms with Gasteiger partial charge in [-0.3, -0.25) is 4.79 Å². The van der Waals surface area contributed by atoms with Crippen LogP contribution in [0.3, 0.4) is 0 Å². The van der Waals surface area contributed by atoms with E-state index in [0.29, 0.717) is 37.7 Å². The van der Waals surface area contributed by atoms with E-state index in [1.54, 1.807) is 18.1 Å². The largest absolute Gasteiger partial charge is 0.490 e. The quantitative estimate of drug-likeness (QED) is 0.615. The van der Waals surface area contributed by atoms with Gasteiger partial charge in [-0.05, 0) is 22.4 Å². The predicted octanol–water partition coefficient (Wildman–Crippen LogP) is 1.92. The first-order chi connectivity index (χ1) is 10.0. The monoisotopic (exact) mass is 362 g/mol. The van der Waals surface area contributed by atoms with E-state index in [4.69, 9.17) is 14.6 Å². The van der Waals surface area contributed by atoms with Gasteiger partial charge in [-0.2, -0.15) is 4.39 Å². The number of aromatic nitrogens is 1. The van der Waals surface area contributed by atoms with Gasteiger partial charge in [0.1, 0.15) is 22.6 Å². The summed E-state index contributed by atoms with van der Waals surface area (Å²) in [6, 6.07) is 1.60. The lowest BCUT2D eigenvalue weighted by molar-refractivity contribution is -0.140. The number of hydrogen-bond donors (Lipinski definition) is 1. The number of aliphatic carboxylic acids is 1. The van der Waals surface area contributed by atoms with Crippen LogP contribution in [0.15, 0.2) is 10.5 Å². The van der Waals surface area contributed by atoms with Gasteiger partial charge < -0.3 is 19.5 Å². The van der Waals surface area contributed by atoms with Crippen LogP contribution in [0.4, 0.5) is 10.2 Å². The SMILES string of the molecule is COCCOc1cc(N2CC[C@H](C(=O)O)C2)nc(F)c1Br. The van der Waals surface area contributed by atoms with E-state index < -0.39 is 17.8 Å². The number of hydrogen-bond acceptors (Lipinski definition) is 5. The maximum Gasteiger partial charge on any atom is 0.308 e. The molecule has 1 aliphatic rings. The number of methoxy groups -OCH3 is 1. The van der Waals surface area contributed by atoms with E-state index in [1.807, 2.05) is 0 Å². The molecule has 0 aliphatic carbocycles. The fourth-order valence-electron chi connectivity index (χ4n) is 2.14. The van der Waals surface area contributed by atoms with Crippen molar-refractivity contribution in [1.29, 1.82) is 0 Å². The van der Waals surface area contributed by atoms with Crippen LogP contribution in [0.2, 0.25) is 0 Å². The molecule has 2 rings (SSSR count). The molecule has 116 valence electrons. The third kappa shape index (κ3) is 3.82. The molecule has 1 saturated heterocycles. The maximum absolute atomic E-state index is 13.8. The number of anilines is 1. The van der Waals surface area contributed by atoms with Crippen molar-refractivity contribution in [3.05, 3.63) is 16.5 Å². The van der Waals surface area contributed by atoms with E-state index in [-0.39, 0.29) is 11.1 Å². The molecule has 0 saturated carbocycles. The Morgan fingerprint density at radius 2 is 2.38 bits per heavy atom. The second-order valence-corrected chi connectivity index (χ2v) is 5.49. The summed E-state index contributed by atoms with van der Waals surface area (Å²) in [5, 5.41) is 9.01. The molecule has 1 atom stereocenters. The van der Waals surface area contributed by atoms with Crippen LogP contribution in [0.25, 0.3) is 0 Å². The molecule has 6 nitrogen and oxygen atoms in total. The molecule has 2 heterocycles. The van der Waals surface area contributed by atoms with Gasteiger partial charge in [-0.25, -0.2) is 4.98 Å². The predicted molar refractivity (Wildman–Crippen MR) is 77.2 cm³/mol. The van der Waals surface area contributed by atoms with E-state index in [0.717, 1.165) is 0 Å². The van der Waals surface area contributed by atoms with E-state index in [1.165, 1.54) is 0 Å². The highest BCUT2D eigenvalue weighted by atomic mass is 79.9. The van der Waals surface area contributed by atoms with Crippen molar-refractivity contribution in [2.45, 2.75) is 6.42 Å². The van der Waals surface area contributed by atoms with Crippen molar-refractivity contribution in [2.24, 2.45) is 5.92 Å². The molecule has 0 unspecified atom stereocenters. The summed E-state index contributed by atoms with van der Waals surface area (Å²) >= 11 is 3.09. The summed E-state index contributed by atoms with van der Waals surface area (Å²) in [5.41, 5.74) is 0. The Morgan fingerprint density at radius 3 is 3.00 bits per heavy atom. The van der Waals surface area contributed by atoms with Crippen LogP contribution in [-0.2, 0) is 9.53 Å². The van der Waals surface area contributed by atoms with Gasteiger partial charge in [-0.15, -0.1) is 0 Å². The highest BCUT2D eigenvalue weighted by Gasteiger charge is 2.29. The molecule has 1 aliphatic heterocycles. The summed E-state index contributed by atoms with van der Waals surface area (Å²) in [6.45, 7) is 1.52. The molecule has 0 amide bonds. The Morgan fingerprint density at radius 1 is 1.62 bits per heavy atom. The van der Waals surface area contributed by atoms with Gasteiger partial charge >= 0.3 is 5.97 Å². The Hall–Kier alpha value is -1.41. The number of carbonyl (C=O) groups is 1. The van der Waals surface area contributed by atoms with Gasteiger partial charge in [0.2, 0.25) is 5.95 Å². The molecular formula is C13H16BrFN2O4. The van der Waals surface area contributed by atoms with Crippen molar-refractivity contribution in [3.8, 4) is 5.75 Å². The maximum atomic E-state index is 13.8. The Bertz CT molecular complexity index is 529. The van der Waals surface area contributed by atoms with Gasteiger partial charge in [0.25, 0.3) is 0 Å². The Kier molecular flexibility index (Phi) is 5.35. The zero-order valence-corrected chi connectivity index (χ0v) is 13.1. The first-order valence-corrected chi connectivity index (χ1v) is 7.27. The van der Waals surface area contributed by atoms with Gasteiger partial charge in [0.15, 0.2) is 0 Å². The number of rotatable bonds is 6. The van der Waals surface area contributed by atoms with E-state index in [9.17, 15) is 9.18 Å². The summed E-state index contributed by atoms with van der Waals surface area (Å²) in [4.78, 5) is 16.6. The molecule has 1 fully saturated rings. The fourth-order valence-corrected chi connectivity index (χ4v) is 2.45. The molecule has 1 aromatic heterocycles. The number of ether oxygens (including phenoxy) is 2. The van der Waals surface area contributed by atoms with Gasteiger partial charge in [0, 0.05) is 26.3 Å². The number of carboxylic acid groups (broad SMARTS) is 1. The lowest BCUT2D eigenvalue weighted by Gasteiger charge is -2.18. The molecule has 0 radical (unpaired) electrons. The van der Waals surface area contributed by atoms with Crippen molar-refractivity contribution in [3.63, 3.8) is 0 Å². The third-order valence-electron chi connectivity index (χ3n) is 3.28. The molecule has 21 heavy (non-hydrogen) atoms. The van der Waals surface area contributed by atoms with Crippen LogP contribution in [0.5, 0.6) is 5.75 Å². The smallest absolute Gasteiger partial charge is 0.308 e. The highest BCUT2D eigenvalue weighted by Crippen LogP contribution is 2.32. The minimum Gasteiger partial charge on any atom is -0.490 e. The second kappa shape index (κ2) is 7.04. The lowest BCUT2D eigenvalue weighted by Crippen LogP contribution is -2.24. The lowest BCUT2D eigenvalue weighted by atomic mass is 10.1. The van der Waals surface area contributed by atoms with E-state index >= 15 is 0 Å². The number of pyridine rings is 1. The zero-order valence-electron chi connectivity index (χ0n) is 11.5. The van der Waals surface area contributed by atoms with Crippen molar-refractivity contribution in [2.75, 3.05) is 38.3 Å². The Balaban J connectivity index is 2.15. The summed E-state index contributed by atoms with van der Waals surface area (Å²) < 4.78 is 24.3. The second-order valence-electron chi connectivity index (χ2n) is 4.69. The highest BCUT2D eigenvalue weighted by molar-refractivity contribution is 9.10. The van der Waals surface area contributed by atoms with Crippen molar-refractivity contribution >= 4 is 27.7 Å². The number of halogens is 2. The molecule has 1 N–H and O–H groups in total. The van der Waals surface area contributed by atoms with Crippen LogP contribution < -0.4 is 9.64 Å². The zero-order chi connectivity index (χ0) is 15.4. The van der Waals surface area contributed by atoms with Crippen LogP contribution in [-0.4, -0.2) is 49.5 Å². The van der Waals surface area contributed by atoms with Crippen LogP contribution in [0, 0.1) is 11.9 Å². The van der Waals surface area contributed by atoms with Gasteiger partial charge in [0.05, 0.1) is 12.5 Å². The van der Waals surface area contributed by atoms with Crippen molar-refractivity contribution < 1.29 is 23.8 Å². The molecule has 8 heteroatoms. The average molecular weight is 363 g/mol. The molecule has 0 spiro atoms.